The number of anilines is 1. The lowest BCUT2D eigenvalue weighted by Gasteiger charge is -2.16. The van der Waals surface area contributed by atoms with Gasteiger partial charge in [0.2, 0.25) is 0 Å². The van der Waals surface area contributed by atoms with E-state index in [1.165, 1.54) is 0 Å². The predicted molar refractivity (Wildman–Crippen MR) is 94.1 cm³/mol. The molecule has 1 atom stereocenters. The summed E-state index contributed by atoms with van der Waals surface area (Å²) < 4.78 is 16.4. The van der Waals surface area contributed by atoms with Gasteiger partial charge in [0, 0.05) is 11.8 Å². The van der Waals surface area contributed by atoms with E-state index in [2.05, 4.69) is 5.32 Å². The number of carbonyl (C=O) groups is 1. The molecule has 0 heterocycles. The van der Waals surface area contributed by atoms with Crippen molar-refractivity contribution < 1.29 is 19.0 Å². The van der Waals surface area contributed by atoms with E-state index in [1.807, 2.05) is 38.1 Å². The van der Waals surface area contributed by atoms with Gasteiger partial charge in [0.15, 0.2) is 17.6 Å². The van der Waals surface area contributed by atoms with Gasteiger partial charge in [-0.1, -0.05) is 12.1 Å². The molecule has 0 unspecified atom stereocenters. The first-order chi connectivity index (χ1) is 11.5. The van der Waals surface area contributed by atoms with Gasteiger partial charge in [-0.3, -0.25) is 4.79 Å². The summed E-state index contributed by atoms with van der Waals surface area (Å²) in [5.41, 5.74) is 1.70. The molecule has 0 aliphatic rings. The summed E-state index contributed by atoms with van der Waals surface area (Å²) in [6, 6.07) is 12.9. The molecule has 0 saturated carbocycles. The fourth-order valence-electron chi connectivity index (χ4n) is 2.21. The van der Waals surface area contributed by atoms with E-state index >= 15 is 0 Å². The van der Waals surface area contributed by atoms with E-state index in [4.69, 9.17) is 14.2 Å². The zero-order valence-corrected chi connectivity index (χ0v) is 14.5. The standard InChI is InChI=1S/C19H23NO4/c1-5-23-17-10-9-15(12-18(17)22-4)20-19(21)14(3)24-16-8-6-7-13(2)11-16/h6-12,14H,5H2,1-4H3,(H,20,21)/t14-/m0/s1. The second kappa shape index (κ2) is 8.24. The Kier molecular flexibility index (Phi) is 6.07. The Balaban J connectivity index is 2.03. The minimum atomic E-state index is -0.621. The van der Waals surface area contributed by atoms with Gasteiger partial charge in [0.1, 0.15) is 5.75 Å². The van der Waals surface area contributed by atoms with Crippen LogP contribution in [0.3, 0.4) is 0 Å². The van der Waals surface area contributed by atoms with Crippen molar-refractivity contribution in [2.75, 3.05) is 19.0 Å². The summed E-state index contributed by atoms with van der Waals surface area (Å²) in [4.78, 5) is 12.3. The zero-order chi connectivity index (χ0) is 17.5. The largest absolute Gasteiger partial charge is 0.493 e. The summed E-state index contributed by atoms with van der Waals surface area (Å²) in [7, 11) is 1.56. The summed E-state index contributed by atoms with van der Waals surface area (Å²) >= 11 is 0. The maximum atomic E-state index is 12.3. The fourth-order valence-corrected chi connectivity index (χ4v) is 2.21. The lowest BCUT2D eigenvalue weighted by Crippen LogP contribution is -2.30. The summed E-state index contributed by atoms with van der Waals surface area (Å²) in [5.74, 6) is 1.65. The molecule has 2 aromatic rings. The van der Waals surface area contributed by atoms with E-state index in [0.717, 1.165) is 5.56 Å². The fraction of sp³-hybridized carbons (Fsp3) is 0.316. The number of benzene rings is 2. The van der Waals surface area contributed by atoms with E-state index in [1.54, 1.807) is 32.2 Å². The molecule has 1 amide bonds. The maximum Gasteiger partial charge on any atom is 0.265 e. The Morgan fingerprint density at radius 2 is 1.96 bits per heavy atom. The van der Waals surface area contributed by atoms with Crippen LogP contribution in [0.4, 0.5) is 5.69 Å². The predicted octanol–water partition coefficient (Wildman–Crippen LogP) is 3.81. The number of rotatable bonds is 7. The van der Waals surface area contributed by atoms with Gasteiger partial charge in [-0.2, -0.15) is 0 Å². The van der Waals surface area contributed by atoms with Crippen LogP contribution in [0.5, 0.6) is 17.2 Å². The lowest BCUT2D eigenvalue weighted by atomic mass is 10.2. The molecule has 0 radical (unpaired) electrons. The minimum absolute atomic E-state index is 0.234. The van der Waals surface area contributed by atoms with E-state index in [-0.39, 0.29) is 5.91 Å². The van der Waals surface area contributed by atoms with Gasteiger partial charge >= 0.3 is 0 Å². The molecule has 0 spiro atoms. The lowest BCUT2D eigenvalue weighted by molar-refractivity contribution is -0.122. The highest BCUT2D eigenvalue weighted by Crippen LogP contribution is 2.30. The average molecular weight is 329 g/mol. The van der Waals surface area contributed by atoms with Crippen LogP contribution >= 0.6 is 0 Å². The summed E-state index contributed by atoms with van der Waals surface area (Å²) in [6.07, 6.45) is -0.621. The van der Waals surface area contributed by atoms with Gasteiger partial charge in [0.05, 0.1) is 13.7 Å². The van der Waals surface area contributed by atoms with Crippen LogP contribution in [0, 0.1) is 6.92 Å². The molecule has 5 nitrogen and oxygen atoms in total. The molecule has 0 aliphatic heterocycles. The molecule has 0 aromatic heterocycles. The summed E-state index contributed by atoms with van der Waals surface area (Å²) in [6.45, 7) is 6.14. The zero-order valence-electron chi connectivity index (χ0n) is 14.5. The molecule has 24 heavy (non-hydrogen) atoms. The van der Waals surface area contributed by atoms with Crippen molar-refractivity contribution in [3.8, 4) is 17.2 Å². The van der Waals surface area contributed by atoms with Crippen LogP contribution in [-0.2, 0) is 4.79 Å². The normalized spacial score (nSPS) is 11.5. The van der Waals surface area contributed by atoms with E-state index < -0.39 is 6.10 Å². The third-order valence-electron chi connectivity index (χ3n) is 3.40. The first-order valence-electron chi connectivity index (χ1n) is 7.88. The Morgan fingerprint density at radius 3 is 2.62 bits per heavy atom. The third-order valence-corrected chi connectivity index (χ3v) is 3.40. The Hall–Kier alpha value is -2.69. The molecule has 0 bridgehead atoms. The SMILES string of the molecule is CCOc1ccc(NC(=O)[C@H](C)Oc2cccc(C)c2)cc1OC. The molecular weight excluding hydrogens is 306 g/mol. The van der Waals surface area contributed by atoms with Gasteiger partial charge in [-0.25, -0.2) is 0 Å². The molecular formula is C19H23NO4. The van der Waals surface area contributed by atoms with Gasteiger partial charge < -0.3 is 19.5 Å². The van der Waals surface area contributed by atoms with Crippen molar-refractivity contribution in [2.24, 2.45) is 0 Å². The highest BCUT2D eigenvalue weighted by Gasteiger charge is 2.16. The number of hydrogen-bond acceptors (Lipinski definition) is 4. The second-order valence-electron chi connectivity index (χ2n) is 5.36. The number of methoxy groups -OCH3 is 1. The minimum Gasteiger partial charge on any atom is -0.493 e. The molecule has 0 fully saturated rings. The quantitative estimate of drug-likeness (QED) is 0.839. The molecule has 0 saturated heterocycles. The molecule has 0 aliphatic carbocycles. The Bertz CT molecular complexity index is 700. The second-order valence-corrected chi connectivity index (χ2v) is 5.36. The van der Waals surface area contributed by atoms with Gasteiger partial charge in [-0.05, 0) is 50.6 Å². The molecule has 128 valence electrons. The number of nitrogens with one attached hydrogen (secondary N) is 1. The van der Waals surface area contributed by atoms with Crippen LogP contribution in [0.2, 0.25) is 0 Å². The molecule has 1 N–H and O–H groups in total. The first kappa shape index (κ1) is 17.7. The average Bonchev–Trinajstić information content (AvgIpc) is 2.56. The number of carbonyl (C=O) groups excluding carboxylic acids is 1. The number of hydrogen-bond donors (Lipinski definition) is 1. The summed E-state index contributed by atoms with van der Waals surface area (Å²) in [5, 5.41) is 2.82. The maximum absolute atomic E-state index is 12.3. The van der Waals surface area contributed by atoms with Crippen molar-refractivity contribution in [1.82, 2.24) is 0 Å². The molecule has 2 aromatic carbocycles. The van der Waals surface area contributed by atoms with E-state index in [0.29, 0.717) is 29.5 Å². The van der Waals surface area contributed by atoms with Crippen molar-refractivity contribution >= 4 is 11.6 Å². The number of aryl methyl sites for hydroxylation is 1. The third kappa shape index (κ3) is 4.65. The van der Waals surface area contributed by atoms with Crippen molar-refractivity contribution in [2.45, 2.75) is 26.9 Å². The first-order valence-corrected chi connectivity index (χ1v) is 7.88. The van der Waals surface area contributed by atoms with Crippen molar-refractivity contribution in [3.63, 3.8) is 0 Å². The van der Waals surface area contributed by atoms with Crippen LogP contribution < -0.4 is 19.5 Å². The highest BCUT2D eigenvalue weighted by atomic mass is 16.5. The topological polar surface area (TPSA) is 56.8 Å². The number of ether oxygens (including phenoxy) is 3. The highest BCUT2D eigenvalue weighted by molar-refractivity contribution is 5.94. The van der Waals surface area contributed by atoms with Crippen LogP contribution in [0.15, 0.2) is 42.5 Å². The Morgan fingerprint density at radius 1 is 1.17 bits per heavy atom. The number of amides is 1. The van der Waals surface area contributed by atoms with Crippen molar-refractivity contribution in [1.29, 1.82) is 0 Å². The van der Waals surface area contributed by atoms with Crippen LogP contribution in [0.25, 0.3) is 0 Å². The smallest absolute Gasteiger partial charge is 0.265 e. The van der Waals surface area contributed by atoms with Crippen LogP contribution in [-0.4, -0.2) is 25.7 Å². The monoisotopic (exact) mass is 329 g/mol. The van der Waals surface area contributed by atoms with Gasteiger partial charge in [0.25, 0.3) is 5.91 Å². The van der Waals surface area contributed by atoms with E-state index in [9.17, 15) is 4.79 Å². The van der Waals surface area contributed by atoms with Gasteiger partial charge in [-0.15, -0.1) is 0 Å². The molecule has 2 rings (SSSR count). The van der Waals surface area contributed by atoms with Crippen molar-refractivity contribution in [3.05, 3.63) is 48.0 Å². The molecule has 5 heteroatoms. The Labute approximate surface area is 142 Å². The van der Waals surface area contributed by atoms with Crippen LogP contribution in [0.1, 0.15) is 19.4 Å².